The number of nitrogens with one attached hydrogen (secondary N) is 1. The molecule has 1 N–H and O–H groups in total. The number of halogens is 1. The van der Waals surface area contributed by atoms with Gasteiger partial charge in [0, 0.05) is 5.56 Å². The average molecular weight is 474 g/mol. The smallest absolute Gasteiger partial charge is 0.408 e. The number of ketones is 1. The molecule has 2 aromatic carbocycles. The summed E-state index contributed by atoms with van der Waals surface area (Å²) in [6.45, 7) is 8.97. The van der Waals surface area contributed by atoms with Gasteiger partial charge in [0.25, 0.3) is 0 Å². The zero-order valence-electron chi connectivity index (χ0n) is 20.2. The predicted molar refractivity (Wildman–Crippen MR) is 124 cm³/mol. The van der Waals surface area contributed by atoms with Gasteiger partial charge in [-0.3, -0.25) is 4.79 Å². The van der Waals surface area contributed by atoms with E-state index in [0.29, 0.717) is 0 Å². The fraction of sp³-hybridized carbons (Fsp3) is 0.462. The molecule has 0 spiro atoms. The first-order valence-corrected chi connectivity index (χ1v) is 11.2. The molecule has 34 heavy (non-hydrogen) atoms. The summed E-state index contributed by atoms with van der Waals surface area (Å²) >= 11 is 0. The molecule has 1 fully saturated rings. The van der Waals surface area contributed by atoms with Crippen LogP contribution in [0, 0.1) is 5.82 Å². The minimum atomic E-state index is -1.15. The molecule has 3 rings (SSSR count). The SMILES string of the molecule is CC(C)(C)OC(=O)NC(C1COC(C)(C)O1)C(OCc1ccccc1)C(=O)c1ccc(F)cc1. The molecule has 184 valence electrons. The molecule has 0 saturated carbocycles. The third-order valence-corrected chi connectivity index (χ3v) is 5.10. The van der Waals surface area contributed by atoms with Crippen LogP contribution >= 0.6 is 0 Å². The lowest BCUT2D eigenvalue weighted by Crippen LogP contribution is -2.56. The van der Waals surface area contributed by atoms with Crippen molar-refractivity contribution in [2.45, 2.75) is 70.9 Å². The maximum absolute atomic E-state index is 13.6. The molecule has 1 aliphatic heterocycles. The van der Waals surface area contributed by atoms with Gasteiger partial charge >= 0.3 is 6.09 Å². The highest BCUT2D eigenvalue weighted by atomic mass is 19.1. The Kier molecular flexibility index (Phi) is 8.07. The molecular formula is C26H32FNO6. The fourth-order valence-corrected chi connectivity index (χ4v) is 3.58. The Morgan fingerprint density at radius 1 is 1.12 bits per heavy atom. The first-order valence-electron chi connectivity index (χ1n) is 11.2. The lowest BCUT2D eigenvalue weighted by molar-refractivity contribution is -0.146. The van der Waals surface area contributed by atoms with E-state index in [1.807, 2.05) is 30.3 Å². The van der Waals surface area contributed by atoms with Gasteiger partial charge < -0.3 is 24.3 Å². The van der Waals surface area contributed by atoms with E-state index in [9.17, 15) is 14.0 Å². The summed E-state index contributed by atoms with van der Waals surface area (Å²) in [7, 11) is 0. The number of amides is 1. The molecule has 0 aliphatic carbocycles. The van der Waals surface area contributed by atoms with E-state index in [1.165, 1.54) is 24.3 Å². The maximum atomic E-state index is 13.6. The molecule has 1 heterocycles. The van der Waals surface area contributed by atoms with Crippen LogP contribution in [0.5, 0.6) is 0 Å². The first kappa shape index (κ1) is 25.8. The van der Waals surface area contributed by atoms with E-state index in [0.717, 1.165) is 5.56 Å². The Morgan fingerprint density at radius 3 is 2.32 bits per heavy atom. The molecule has 7 nitrogen and oxygen atoms in total. The second-order valence-electron chi connectivity index (χ2n) is 9.63. The summed E-state index contributed by atoms with van der Waals surface area (Å²) in [6, 6.07) is 13.6. The van der Waals surface area contributed by atoms with Crippen molar-refractivity contribution in [1.29, 1.82) is 0 Å². The average Bonchev–Trinajstić information content (AvgIpc) is 3.12. The molecule has 2 aromatic rings. The number of alkyl carbamates (subject to hydrolysis) is 1. The second-order valence-corrected chi connectivity index (χ2v) is 9.63. The molecule has 3 atom stereocenters. The lowest BCUT2D eigenvalue weighted by Gasteiger charge is -2.32. The third kappa shape index (κ3) is 7.35. The minimum absolute atomic E-state index is 0.113. The molecule has 1 amide bonds. The summed E-state index contributed by atoms with van der Waals surface area (Å²) in [6.07, 6.45) is -2.56. The van der Waals surface area contributed by atoms with Gasteiger partial charge in [0.1, 0.15) is 23.6 Å². The Bertz CT molecular complexity index is 971. The Morgan fingerprint density at radius 2 is 1.76 bits per heavy atom. The minimum Gasteiger partial charge on any atom is -0.444 e. The predicted octanol–water partition coefficient (Wildman–Crippen LogP) is 4.64. The largest absolute Gasteiger partial charge is 0.444 e. The normalized spacial score (nSPS) is 19.3. The molecule has 8 heteroatoms. The van der Waals surface area contributed by atoms with Crippen molar-refractivity contribution in [1.82, 2.24) is 5.32 Å². The Labute approximate surface area is 199 Å². The standard InChI is InChI=1S/C26H32FNO6/c1-25(2,3)34-24(30)28-21(20-16-32-26(4,5)33-20)23(31-15-17-9-7-6-8-10-17)22(29)18-11-13-19(27)14-12-18/h6-14,20-21,23H,15-16H2,1-5H3,(H,28,30). The number of ether oxygens (including phenoxy) is 4. The van der Waals surface area contributed by atoms with Crippen LogP contribution in [0.15, 0.2) is 54.6 Å². The summed E-state index contributed by atoms with van der Waals surface area (Å²) in [4.78, 5) is 26.3. The summed E-state index contributed by atoms with van der Waals surface area (Å²) < 4.78 is 36.7. The van der Waals surface area contributed by atoms with Crippen LogP contribution < -0.4 is 5.32 Å². The second kappa shape index (κ2) is 10.6. The van der Waals surface area contributed by atoms with Crippen molar-refractivity contribution in [3.05, 3.63) is 71.5 Å². The quantitative estimate of drug-likeness (QED) is 0.563. The fourth-order valence-electron chi connectivity index (χ4n) is 3.58. The van der Waals surface area contributed by atoms with Gasteiger partial charge in [0.05, 0.1) is 19.3 Å². The van der Waals surface area contributed by atoms with Gasteiger partial charge in [-0.05, 0) is 64.4 Å². The van der Waals surface area contributed by atoms with E-state index in [2.05, 4.69) is 5.32 Å². The van der Waals surface area contributed by atoms with Gasteiger partial charge in [0.2, 0.25) is 0 Å². The van der Waals surface area contributed by atoms with Crippen molar-refractivity contribution < 1.29 is 32.9 Å². The highest BCUT2D eigenvalue weighted by Crippen LogP contribution is 2.28. The maximum Gasteiger partial charge on any atom is 0.408 e. The Balaban J connectivity index is 1.93. The van der Waals surface area contributed by atoms with Crippen molar-refractivity contribution >= 4 is 11.9 Å². The monoisotopic (exact) mass is 473 g/mol. The van der Waals surface area contributed by atoms with Gasteiger partial charge in [-0.1, -0.05) is 30.3 Å². The summed E-state index contributed by atoms with van der Waals surface area (Å²) in [5, 5.41) is 2.77. The highest BCUT2D eigenvalue weighted by molar-refractivity contribution is 6.00. The van der Waals surface area contributed by atoms with Crippen molar-refractivity contribution in [3.8, 4) is 0 Å². The van der Waals surface area contributed by atoms with Crippen LogP contribution in [0.1, 0.15) is 50.5 Å². The molecule has 3 unspecified atom stereocenters. The van der Waals surface area contributed by atoms with E-state index in [-0.39, 0.29) is 18.8 Å². The molecule has 1 saturated heterocycles. The highest BCUT2D eigenvalue weighted by Gasteiger charge is 2.45. The zero-order valence-corrected chi connectivity index (χ0v) is 20.2. The van der Waals surface area contributed by atoms with E-state index < -0.39 is 47.3 Å². The van der Waals surface area contributed by atoms with E-state index in [4.69, 9.17) is 18.9 Å². The van der Waals surface area contributed by atoms with Gasteiger partial charge in [-0.2, -0.15) is 0 Å². The molecular weight excluding hydrogens is 441 g/mol. The number of hydrogen-bond acceptors (Lipinski definition) is 6. The molecule has 0 radical (unpaired) electrons. The van der Waals surface area contributed by atoms with Crippen LogP contribution in [0.3, 0.4) is 0 Å². The van der Waals surface area contributed by atoms with Gasteiger partial charge in [0.15, 0.2) is 11.6 Å². The van der Waals surface area contributed by atoms with E-state index in [1.54, 1.807) is 34.6 Å². The molecule has 0 bridgehead atoms. The number of Topliss-reactive ketones (excluding diaryl/α,β-unsaturated/α-hetero) is 1. The summed E-state index contributed by atoms with van der Waals surface area (Å²) in [5.74, 6) is -1.79. The first-order chi connectivity index (χ1) is 15.9. The number of carbonyl (C=O) groups is 2. The van der Waals surface area contributed by atoms with Crippen LogP contribution in [-0.4, -0.2) is 48.1 Å². The van der Waals surface area contributed by atoms with Crippen molar-refractivity contribution in [2.75, 3.05) is 6.61 Å². The number of carbonyl (C=O) groups excluding carboxylic acids is 2. The lowest BCUT2D eigenvalue weighted by atomic mass is 9.96. The number of hydrogen-bond donors (Lipinski definition) is 1. The Hall–Kier alpha value is -2.81. The van der Waals surface area contributed by atoms with Crippen LogP contribution in [0.25, 0.3) is 0 Å². The van der Waals surface area contributed by atoms with Crippen LogP contribution in [0.2, 0.25) is 0 Å². The zero-order chi connectivity index (χ0) is 24.9. The van der Waals surface area contributed by atoms with Crippen LogP contribution in [0.4, 0.5) is 9.18 Å². The van der Waals surface area contributed by atoms with E-state index >= 15 is 0 Å². The van der Waals surface area contributed by atoms with Gasteiger partial charge in [-0.15, -0.1) is 0 Å². The summed E-state index contributed by atoms with van der Waals surface area (Å²) in [5.41, 5.74) is 0.343. The number of benzene rings is 2. The van der Waals surface area contributed by atoms with Crippen molar-refractivity contribution in [3.63, 3.8) is 0 Å². The topological polar surface area (TPSA) is 83.1 Å². The molecule has 0 aromatic heterocycles. The van der Waals surface area contributed by atoms with Gasteiger partial charge in [-0.25, -0.2) is 9.18 Å². The third-order valence-electron chi connectivity index (χ3n) is 5.10. The molecule has 1 aliphatic rings. The van der Waals surface area contributed by atoms with Crippen LogP contribution in [-0.2, 0) is 25.6 Å². The number of rotatable bonds is 8. The van der Waals surface area contributed by atoms with Crippen molar-refractivity contribution in [2.24, 2.45) is 0 Å².